The minimum atomic E-state index is -0.00932. The maximum atomic E-state index is 2.64. The fraction of sp³-hybridized carbons (Fsp3) is 0.143. The number of hydrogen-bond donors (Lipinski definition) is 0. The van der Waals surface area contributed by atoms with Gasteiger partial charge < -0.3 is 18.9 Å². The molecule has 0 unspecified atom stereocenters. The van der Waals surface area contributed by atoms with Crippen molar-refractivity contribution >= 4 is 132 Å². The van der Waals surface area contributed by atoms with Crippen LogP contribution < -0.4 is 26.2 Å². The van der Waals surface area contributed by atoms with Gasteiger partial charge in [-0.25, -0.2) is 0 Å². The van der Waals surface area contributed by atoms with Crippen molar-refractivity contribution in [3.8, 4) is 11.4 Å². The van der Waals surface area contributed by atoms with Crippen LogP contribution in [0.15, 0.2) is 170 Å². The van der Waals surface area contributed by atoms with E-state index in [2.05, 4.69) is 237 Å². The Balaban J connectivity index is 1.06. The predicted octanol–water partition coefficient (Wildman–Crippen LogP) is 15.5. The maximum Gasteiger partial charge on any atom is 0.252 e. The summed E-state index contributed by atoms with van der Waals surface area (Å²) in [4.78, 5) is 5.25. The largest absolute Gasteiger partial charge is 0.311 e. The molecule has 9 aromatic carbocycles. The van der Waals surface area contributed by atoms with Gasteiger partial charge in [0.05, 0.1) is 44.8 Å². The molecule has 0 spiro atoms. The zero-order valence-corrected chi connectivity index (χ0v) is 40.8. The van der Waals surface area contributed by atoms with Crippen LogP contribution in [0.4, 0.5) is 34.1 Å². The standard InChI is InChI=1S/C63H49BN4S/c1-36-31-54-59-55(32-36)68-51-21-12-17-41-40-15-8-10-19-47(40)67(60(41)51)52-22-13-18-46(61(52)68)64(59)45-28-27-39(35-53(45)66(54)50-20-14-24-57-58(50)42-16-9-11-23-56(42)69-57)65-48-29-25-37(62(2,3)4)33-43(48)44-34-38(63(5,6)7)26-30-49(44)65/h8-35H,1-7H3. The molecule has 0 atom stereocenters. The lowest BCUT2D eigenvalue weighted by molar-refractivity contribution is 0.590. The van der Waals surface area contributed by atoms with Gasteiger partial charge in [0.1, 0.15) is 0 Å². The van der Waals surface area contributed by atoms with Crippen LogP contribution in [0.1, 0.15) is 58.2 Å². The number of nitrogens with zero attached hydrogens (tertiary/aromatic N) is 4. The highest BCUT2D eigenvalue weighted by atomic mass is 32.1. The highest BCUT2D eigenvalue weighted by Gasteiger charge is 2.46. The summed E-state index contributed by atoms with van der Waals surface area (Å²) >= 11 is 1.89. The first-order valence-corrected chi connectivity index (χ1v) is 25.3. The van der Waals surface area contributed by atoms with Crippen molar-refractivity contribution in [1.82, 2.24) is 9.13 Å². The van der Waals surface area contributed by atoms with Crippen molar-refractivity contribution in [2.75, 3.05) is 9.80 Å². The molecule has 0 amide bonds. The Morgan fingerprint density at radius 3 is 1.78 bits per heavy atom. The van der Waals surface area contributed by atoms with Crippen LogP contribution in [-0.2, 0) is 10.8 Å². The van der Waals surface area contributed by atoms with E-state index in [0.29, 0.717) is 0 Å². The predicted molar refractivity (Wildman–Crippen MR) is 298 cm³/mol. The molecule has 0 saturated heterocycles. The van der Waals surface area contributed by atoms with E-state index in [1.165, 1.54) is 137 Å². The number of fused-ring (bicyclic) bond motifs is 15. The fourth-order valence-corrected chi connectivity index (χ4v) is 13.7. The van der Waals surface area contributed by atoms with E-state index in [1.807, 2.05) is 11.3 Å². The molecule has 4 nitrogen and oxygen atoms in total. The molecule has 3 aliphatic heterocycles. The lowest BCUT2D eigenvalue weighted by Crippen LogP contribution is -2.61. The first kappa shape index (κ1) is 39.5. The van der Waals surface area contributed by atoms with Gasteiger partial charge in [0, 0.05) is 64.5 Å². The number of hydrogen-bond acceptors (Lipinski definition) is 3. The average Bonchev–Trinajstić information content (AvgIpc) is 4.01. The molecule has 3 aromatic heterocycles. The van der Waals surface area contributed by atoms with Crippen molar-refractivity contribution in [2.45, 2.75) is 59.3 Å². The molecule has 12 aromatic rings. The van der Waals surface area contributed by atoms with Crippen LogP contribution in [0.3, 0.4) is 0 Å². The zero-order valence-electron chi connectivity index (χ0n) is 39.9. The van der Waals surface area contributed by atoms with Gasteiger partial charge >= 0.3 is 0 Å². The van der Waals surface area contributed by atoms with Crippen molar-refractivity contribution in [3.63, 3.8) is 0 Å². The Bertz CT molecular complexity index is 4190. The minimum Gasteiger partial charge on any atom is -0.311 e. The summed E-state index contributed by atoms with van der Waals surface area (Å²) in [6, 6.07) is 65.5. The number of thiophene rings is 1. The Kier molecular flexibility index (Phi) is 7.65. The first-order chi connectivity index (χ1) is 33.4. The van der Waals surface area contributed by atoms with E-state index in [1.54, 1.807) is 0 Å². The topological polar surface area (TPSA) is 16.3 Å². The molecule has 3 aliphatic rings. The summed E-state index contributed by atoms with van der Waals surface area (Å²) in [7, 11) is 0. The molecule has 0 fully saturated rings. The summed E-state index contributed by atoms with van der Waals surface area (Å²) < 4.78 is 7.68. The number of aromatic nitrogens is 2. The highest BCUT2D eigenvalue weighted by Crippen LogP contribution is 2.54. The Hall–Kier alpha value is -7.54. The quantitative estimate of drug-likeness (QED) is 0.161. The van der Waals surface area contributed by atoms with Gasteiger partial charge in [-0.1, -0.05) is 126 Å². The van der Waals surface area contributed by atoms with Crippen LogP contribution >= 0.6 is 11.3 Å². The second-order valence-corrected chi connectivity index (χ2v) is 22.9. The van der Waals surface area contributed by atoms with Crippen LogP contribution in [0.2, 0.25) is 0 Å². The van der Waals surface area contributed by atoms with E-state index in [0.717, 1.165) is 5.69 Å². The lowest BCUT2D eigenvalue weighted by Gasteiger charge is -2.46. The number of benzene rings is 9. The van der Waals surface area contributed by atoms with Gasteiger partial charge in [-0.3, -0.25) is 0 Å². The van der Waals surface area contributed by atoms with Gasteiger partial charge in [-0.05, 0) is 136 Å². The summed E-state index contributed by atoms with van der Waals surface area (Å²) in [5.74, 6) is 0. The van der Waals surface area contributed by atoms with Gasteiger partial charge in [0.2, 0.25) is 0 Å². The third-order valence-corrected chi connectivity index (χ3v) is 16.9. The van der Waals surface area contributed by atoms with Crippen molar-refractivity contribution in [3.05, 3.63) is 187 Å². The Morgan fingerprint density at radius 1 is 0.420 bits per heavy atom. The third kappa shape index (κ3) is 5.19. The second kappa shape index (κ2) is 13.4. The third-order valence-electron chi connectivity index (χ3n) is 15.7. The smallest absolute Gasteiger partial charge is 0.252 e. The van der Waals surface area contributed by atoms with Crippen molar-refractivity contribution < 1.29 is 0 Å². The van der Waals surface area contributed by atoms with Gasteiger partial charge in [0.15, 0.2) is 0 Å². The van der Waals surface area contributed by atoms with Crippen LogP contribution in [-0.4, -0.2) is 15.8 Å². The van der Waals surface area contributed by atoms with Gasteiger partial charge in [-0.2, -0.15) is 0 Å². The van der Waals surface area contributed by atoms with E-state index >= 15 is 0 Å². The molecule has 0 radical (unpaired) electrons. The summed E-state index contributed by atoms with van der Waals surface area (Å²) in [6.45, 7) is 16.2. The molecule has 6 heteroatoms. The molecular formula is C63H49BN4S. The molecule has 0 saturated carbocycles. The van der Waals surface area contributed by atoms with E-state index in [9.17, 15) is 0 Å². The van der Waals surface area contributed by atoms with Gasteiger partial charge in [0.25, 0.3) is 6.71 Å². The molecular weight excluding hydrogens is 856 g/mol. The summed E-state index contributed by atoms with van der Waals surface area (Å²) in [5.41, 5.74) is 22.7. The zero-order chi connectivity index (χ0) is 46.4. The molecule has 6 heterocycles. The highest BCUT2D eigenvalue weighted by molar-refractivity contribution is 7.26. The Morgan fingerprint density at radius 2 is 1.03 bits per heavy atom. The number of rotatable bonds is 2. The number of aryl methyl sites for hydroxylation is 1. The molecule has 0 aliphatic carbocycles. The molecule has 15 rings (SSSR count). The molecule has 330 valence electrons. The average molecular weight is 905 g/mol. The summed E-state index contributed by atoms with van der Waals surface area (Å²) in [5, 5.41) is 7.77. The van der Waals surface area contributed by atoms with Gasteiger partial charge in [-0.15, -0.1) is 11.3 Å². The molecule has 0 bridgehead atoms. The van der Waals surface area contributed by atoms with E-state index in [-0.39, 0.29) is 17.5 Å². The fourth-order valence-electron chi connectivity index (χ4n) is 12.6. The normalized spacial score (nSPS) is 13.9. The first-order valence-electron chi connectivity index (χ1n) is 24.5. The number of para-hydroxylation sites is 3. The molecule has 69 heavy (non-hydrogen) atoms. The van der Waals surface area contributed by atoms with Crippen molar-refractivity contribution in [1.29, 1.82) is 0 Å². The van der Waals surface area contributed by atoms with Crippen LogP contribution in [0, 0.1) is 6.92 Å². The van der Waals surface area contributed by atoms with Crippen LogP contribution in [0.5, 0.6) is 0 Å². The van der Waals surface area contributed by atoms with E-state index < -0.39 is 0 Å². The monoisotopic (exact) mass is 904 g/mol. The van der Waals surface area contributed by atoms with Crippen molar-refractivity contribution in [2.24, 2.45) is 0 Å². The second-order valence-electron chi connectivity index (χ2n) is 21.9. The van der Waals surface area contributed by atoms with Crippen LogP contribution in [0.25, 0.3) is 75.2 Å². The number of anilines is 6. The summed E-state index contributed by atoms with van der Waals surface area (Å²) in [6.07, 6.45) is 0. The molecule has 0 N–H and O–H groups in total. The maximum absolute atomic E-state index is 2.64. The SMILES string of the molecule is Cc1cc2c3c(c1)N1c4c(cccc4-n4c5ccccc5c5cccc1c54)B3c1ccc(-n3c4ccc(C(C)(C)C)cc4c4cc(C(C)(C)C)ccc43)cc1N2c1cccc2sc3ccccc3c12. The Labute approximate surface area is 406 Å². The lowest BCUT2D eigenvalue weighted by atomic mass is 9.33. The minimum absolute atomic E-state index is 0.00932. The van der Waals surface area contributed by atoms with E-state index in [4.69, 9.17) is 0 Å².